The molecule has 5 nitrogen and oxygen atoms in total. The number of thiazole rings is 1. The highest BCUT2D eigenvalue weighted by atomic mass is 32.1. The van der Waals surface area contributed by atoms with Crippen molar-refractivity contribution in [1.29, 1.82) is 0 Å². The van der Waals surface area contributed by atoms with E-state index in [0.717, 1.165) is 10.8 Å². The van der Waals surface area contributed by atoms with E-state index in [9.17, 15) is 4.79 Å². The molecule has 0 saturated carbocycles. The molecule has 1 amide bonds. The lowest BCUT2D eigenvalue weighted by Crippen LogP contribution is -2.12. The van der Waals surface area contributed by atoms with Gasteiger partial charge in [0.1, 0.15) is 10.6 Å². The Hall–Kier alpha value is -2.60. The first-order valence-electron chi connectivity index (χ1n) is 7.29. The van der Waals surface area contributed by atoms with Crippen LogP contribution in [0.1, 0.15) is 22.3 Å². The van der Waals surface area contributed by atoms with Crippen LogP contribution in [0.15, 0.2) is 48.8 Å². The fraction of sp³-hybridized carbons (Fsp3) is 0.176. The standard InChI is InChI=1S/C17H17N3O2S/c1-3-14-15(23-17(19-14)20-9-4-5-10-20)16(21)18-12-7-6-8-13(11-12)22-2/h4-11H,3H2,1-2H3,(H,18,21). The number of carbonyl (C=O) groups excluding carboxylic acids is 1. The maximum atomic E-state index is 12.6. The minimum Gasteiger partial charge on any atom is -0.497 e. The third kappa shape index (κ3) is 3.27. The summed E-state index contributed by atoms with van der Waals surface area (Å²) in [5, 5.41) is 3.70. The third-order valence-electron chi connectivity index (χ3n) is 3.38. The van der Waals surface area contributed by atoms with Crippen molar-refractivity contribution >= 4 is 22.9 Å². The summed E-state index contributed by atoms with van der Waals surface area (Å²) in [7, 11) is 1.60. The van der Waals surface area contributed by atoms with Crippen LogP contribution in [0.2, 0.25) is 0 Å². The van der Waals surface area contributed by atoms with E-state index in [4.69, 9.17) is 4.74 Å². The summed E-state index contributed by atoms with van der Waals surface area (Å²) in [5.74, 6) is 0.557. The predicted octanol–water partition coefficient (Wildman–Crippen LogP) is 3.76. The van der Waals surface area contributed by atoms with Gasteiger partial charge in [-0.1, -0.05) is 24.3 Å². The van der Waals surface area contributed by atoms with E-state index in [-0.39, 0.29) is 5.91 Å². The summed E-state index contributed by atoms with van der Waals surface area (Å²) in [6.45, 7) is 2.00. The van der Waals surface area contributed by atoms with E-state index in [1.54, 1.807) is 13.2 Å². The first-order chi connectivity index (χ1) is 11.2. The van der Waals surface area contributed by atoms with E-state index in [2.05, 4.69) is 10.3 Å². The molecule has 6 heteroatoms. The molecule has 0 radical (unpaired) electrons. The van der Waals surface area contributed by atoms with Crippen LogP contribution in [0.3, 0.4) is 0 Å². The number of nitrogens with zero attached hydrogens (tertiary/aromatic N) is 2. The van der Waals surface area contributed by atoms with Crippen molar-refractivity contribution in [2.24, 2.45) is 0 Å². The predicted molar refractivity (Wildman–Crippen MR) is 91.8 cm³/mol. The highest BCUT2D eigenvalue weighted by molar-refractivity contribution is 7.16. The first-order valence-corrected chi connectivity index (χ1v) is 8.11. The molecule has 0 bridgehead atoms. The topological polar surface area (TPSA) is 56.2 Å². The summed E-state index contributed by atoms with van der Waals surface area (Å²) in [4.78, 5) is 17.8. The second kappa shape index (κ2) is 6.66. The number of benzene rings is 1. The Morgan fingerprint density at radius 3 is 2.78 bits per heavy atom. The molecular weight excluding hydrogens is 310 g/mol. The van der Waals surface area contributed by atoms with Crippen molar-refractivity contribution in [3.05, 3.63) is 59.4 Å². The fourth-order valence-corrected chi connectivity index (χ4v) is 3.23. The molecule has 0 atom stereocenters. The van der Waals surface area contributed by atoms with Gasteiger partial charge in [-0.2, -0.15) is 0 Å². The zero-order valence-electron chi connectivity index (χ0n) is 12.9. The Labute approximate surface area is 138 Å². The lowest BCUT2D eigenvalue weighted by Gasteiger charge is -2.06. The molecule has 3 rings (SSSR count). The molecular formula is C17H17N3O2S. The van der Waals surface area contributed by atoms with Gasteiger partial charge >= 0.3 is 0 Å². The summed E-state index contributed by atoms with van der Waals surface area (Å²) < 4.78 is 7.08. The van der Waals surface area contributed by atoms with E-state index in [1.807, 2.05) is 54.2 Å². The van der Waals surface area contributed by atoms with Crippen LogP contribution in [0.5, 0.6) is 5.75 Å². The zero-order valence-corrected chi connectivity index (χ0v) is 13.8. The van der Waals surface area contributed by atoms with E-state index < -0.39 is 0 Å². The van der Waals surface area contributed by atoms with E-state index >= 15 is 0 Å². The third-order valence-corrected chi connectivity index (χ3v) is 4.49. The fourth-order valence-electron chi connectivity index (χ4n) is 2.22. The lowest BCUT2D eigenvalue weighted by atomic mass is 10.2. The highest BCUT2D eigenvalue weighted by Crippen LogP contribution is 2.25. The van der Waals surface area contributed by atoms with Crippen LogP contribution < -0.4 is 10.1 Å². The number of anilines is 1. The van der Waals surface area contributed by atoms with Gasteiger partial charge in [0.2, 0.25) is 0 Å². The molecule has 0 aliphatic rings. The number of aromatic nitrogens is 2. The molecule has 3 aromatic rings. The maximum absolute atomic E-state index is 12.6. The Morgan fingerprint density at radius 1 is 1.30 bits per heavy atom. The smallest absolute Gasteiger partial charge is 0.267 e. The van der Waals surface area contributed by atoms with Gasteiger partial charge in [0.05, 0.1) is 12.8 Å². The zero-order chi connectivity index (χ0) is 16.2. The number of hydrogen-bond acceptors (Lipinski definition) is 4. The van der Waals surface area contributed by atoms with Crippen molar-refractivity contribution in [1.82, 2.24) is 9.55 Å². The lowest BCUT2D eigenvalue weighted by molar-refractivity contribution is 0.102. The number of ether oxygens (including phenoxy) is 1. The van der Waals surface area contributed by atoms with Gasteiger partial charge in [-0.05, 0) is 30.7 Å². The number of nitrogens with one attached hydrogen (secondary N) is 1. The van der Waals surface area contributed by atoms with Crippen molar-refractivity contribution in [2.75, 3.05) is 12.4 Å². The minimum atomic E-state index is -0.147. The number of methoxy groups -OCH3 is 1. The molecule has 0 fully saturated rings. The molecule has 1 N–H and O–H groups in total. The van der Waals surface area contributed by atoms with Crippen molar-refractivity contribution in [3.63, 3.8) is 0 Å². The van der Waals surface area contributed by atoms with Crippen LogP contribution in [0.25, 0.3) is 5.13 Å². The first kappa shape index (κ1) is 15.3. The quantitative estimate of drug-likeness (QED) is 0.776. The molecule has 2 heterocycles. The van der Waals surface area contributed by atoms with Crippen molar-refractivity contribution < 1.29 is 9.53 Å². The van der Waals surface area contributed by atoms with E-state index in [1.165, 1.54) is 11.3 Å². The number of amides is 1. The molecule has 0 spiro atoms. The van der Waals surface area contributed by atoms with E-state index in [0.29, 0.717) is 22.7 Å². The summed E-state index contributed by atoms with van der Waals surface area (Å²) in [6, 6.07) is 11.2. The number of hydrogen-bond donors (Lipinski definition) is 1. The van der Waals surface area contributed by atoms with Gasteiger partial charge < -0.3 is 14.6 Å². The summed E-state index contributed by atoms with van der Waals surface area (Å²) >= 11 is 1.39. The summed E-state index contributed by atoms with van der Waals surface area (Å²) in [6.07, 6.45) is 4.54. The Balaban J connectivity index is 1.86. The SMILES string of the molecule is CCc1nc(-n2cccc2)sc1C(=O)Nc1cccc(OC)c1. The van der Waals surface area contributed by atoms with Crippen molar-refractivity contribution in [3.8, 4) is 10.9 Å². The second-order valence-electron chi connectivity index (χ2n) is 4.90. The molecule has 2 aromatic heterocycles. The average molecular weight is 327 g/mol. The Kier molecular flexibility index (Phi) is 4.43. The molecule has 0 aliphatic heterocycles. The number of carbonyl (C=O) groups is 1. The second-order valence-corrected chi connectivity index (χ2v) is 5.88. The molecule has 118 valence electrons. The number of aryl methyl sites for hydroxylation is 1. The van der Waals surface area contributed by atoms with Gasteiger partial charge in [0, 0.05) is 24.1 Å². The molecule has 1 aromatic carbocycles. The molecule has 23 heavy (non-hydrogen) atoms. The van der Waals surface area contributed by atoms with Crippen LogP contribution in [-0.2, 0) is 6.42 Å². The van der Waals surface area contributed by atoms with Gasteiger partial charge in [0.25, 0.3) is 5.91 Å². The molecule has 0 aliphatic carbocycles. The van der Waals surface area contributed by atoms with Crippen LogP contribution in [-0.4, -0.2) is 22.6 Å². The average Bonchev–Trinajstić information content (AvgIpc) is 3.23. The maximum Gasteiger partial charge on any atom is 0.267 e. The molecule has 0 saturated heterocycles. The molecule has 0 unspecified atom stereocenters. The highest BCUT2D eigenvalue weighted by Gasteiger charge is 2.18. The monoisotopic (exact) mass is 327 g/mol. The van der Waals surface area contributed by atoms with Gasteiger partial charge in [-0.3, -0.25) is 4.79 Å². The number of rotatable bonds is 5. The Morgan fingerprint density at radius 2 is 2.09 bits per heavy atom. The van der Waals surface area contributed by atoms with Gasteiger partial charge in [-0.25, -0.2) is 4.98 Å². The Bertz CT molecular complexity index is 809. The van der Waals surface area contributed by atoms with Crippen LogP contribution in [0, 0.1) is 0 Å². The largest absolute Gasteiger partial charge is 0.497 e. The van der Waals surface area contributed by atoms with Crippen LogP contribution >= 0.6 is 11.3 Å². The van der Waals surface area contributed by atoms with Crippen molar-refractivity contribution in [2.45, 2.75) is 13.3 Å². The minimum absolute atomic E-state index is 0.147. The van der Waals surface area contributed by atoms with Gasteiger partial charge in [0.15, 0.2) is 5.13 Å². The van der Waals surface area contributed by atoms with Crippen LogP contribution in [0.4, 0.5) is 5.69 Å². The normalized spacial score (nSPS) is 10.5. The summed E-state index contributed by atoms with van der Waals surface area (Å²) in [5.41, 5.74) is 1.51. The van der Waals surface area contributed by atoms with Gasteiger partial charge in [-0.15, -0.1) is 0 Å².